The van der Waals surface area contributed by atoms with Gasteiger partial charge in [-0.25, -0.2) is 0 Å². The van der Waals surface area contributed by atoms with E-state index < -0.39 is 0 Å². The van der Waals surface area contributed by atoms with E-state index >= 15 is 0 Å². The Balaban J connectivity index is 1.39. The zero-order valence-electron chi connectivity index (χ0n) is 17.1. The summed E-state index contributed by atoms with van der Waals surface area (Å²) in [5.41, 5.74) is 1.01. The first-order chi connectivity index (χ1) is 13.7. The van der Waals surface area contributed by atoms with Crippen LogP contribution in [0.25, 0.3) is 0 Å². The van der Waals surface area contributed by atoms with E-state index in [4.69, 9.17) is 4.74 Å². The van der Waals surface area contributed by atoms with E-state index in [0.717, 1.165) is 50.1 Å². The molecule has 2 amide bonds. The molecule has 1 aliphatic heterocycles. The molecule has 1 saturated heterocycles. The largest absolute Gasteiger partial charge is 0.494 e. The summed E-state index contributed by atoms with van der Waals surface area (Å²) in [6, 6.07) is 7.83. The molecule has 0 radical (unpaired) electrons. The fourth-order valence-corrected chi connectivity index (χ4v) is 4.44. The number of ether oxygens (including phenoxy) is 1. The minimum Gasteiger partial charge on any atom is -0.494 e. The monoisotopic (exact) mass is 386 g/mol. The summed E-state index contributed by atoms with van der Waals surface area (Å²) in [5.74, 6) is 1.90. The molecule has 5 nitrogen and oxygen atoms in total. The molecule has 2 aliphatic rings. The number of carbonyl (C=O) groups excluding carboxylic acids is 2. The number of nitrogens with one attached hydrogen (secondary N) is 1. The van der Waals surface area contributed by atoms with Crippen LogP contribution >= 0.6 is 0 Å². The first-order valence-electron chi connectivity index (χ1n) is 10.9. The van der Waals surface area contributed by atoms with Gasteiger partial charge in [0.1, 0.15) is 5.75 Å². The fraction of sp³-hybridized carbons (Fsp3) is 0.652. The lowest BCUT2D eigenvalue weighted by molar-refractivity contribution is -0.138. The van der Waals surface area contributed by atoms with Gasteiger partial charge in [0.25, 0.3) is 0 Å². The highest BCUT2D eigenvalue weighted by molar-refractivity contribution is 5.79. The predicted molar refractivity (Wildman–Crippen MR) is 110 cm³/mol. The maximum Gasteiger partial charge on any atom is 0.225 e. The van der Waals surface area contributed by atoms with Gasteiger partial charge in [0.15, 0.2) is 0 Å². The number of para-hydroxylation sites is 1. The summed E-state index contributed by atoms with van der Waals surface area (Å²) < 4.78 is 5.61. The number of rotatable bonds is 7. The first-order valence-corrected chi connectivity index (χ1v) is 10.9. The maximum atomic E-state index is 12.7. The third-order valence-electron chi connectivity index (χ3n) is 6.10. The highest BCUT2D eigenvalue weighted by atomic mass is 16.5. The molecular weight excluding hydrogens is 352 g/mol. The summed E-state index contributed by atoms with van der Waals surface area (Å²) in [5, 5.41) is 3.03. The molecule has 1 aromatic rings. The number of benzene rings is 1. The molecule has 0 atom stereocenters. The molecule has 2 fully saturated rings. The average Bonchev–Trinajstić information content (AvgIpc) is 2.74. The maximum absolute atomic E-state index is 12.7. The topological polar surface area (TPSA) is 58.6 Å². The molecule has 1 heterocycles. The van der Waals surface area contributed by atoms with Crippen LogP contribution in [0.1, 0.15) is 63.9 Å². The van der Waals surface area contributed by atoms with Gasteiger partial charge in [-0.1, -0.05) is 37.5 Å². The van der Waals surface area contributed by atoms with Crippen molar-refractivity contribution in [2.45, 2.75) is 64.8 Å². The van der Waals surface area contributed by atoms with Crippen LogP contribution in [0.3, 0.4) is 0 Å². The SMILES string of the molecule is CCOc1ccccc1CNC(=O)CC1CCN(C(=O)C2CCCCC2)CC1. The van der Waals surface area contributed by atoms with Gasteiger partial charge in [-0.15, -0.1) is 0 Å². The van der Waals surface area contributed by atoms with Gasteiger partial charge in [-0.05, 0) is 44.6 Å². The molecule has 1 saturated carbocycles. The molecule has 0 bridgehead atoms. The van der Waals surface area contributed by atoms with Crippen LogP contribution in [0.2, 0.25) is 0 Å². The average molecular weight is 387 g/mol. The van der Waals surface area contributed by atoms with Crippen LogP contribution in [0.5, 0.6) is 5.75 Å². The molecule has 0 aromatic heterocycles. The Hall–Kier alpha value is -2.04. The highest BCUT2D eigenvalue weighted by Gasteiger charge is 2.29. The van der Waals surface area contributed by atoms with Crippen molar-refractivity contribution >= 4 is 11.8 Å². The van der Waals surface area contributed by atoms with Crippen molar-refractivity contribution in [3.63, 3.8) is 0 Å². The van der Waals surface area contributed by atoms with Gasteiger partial charge < -0.3 is 15.0 Å². The number of piperidine rings is 1. The first kappa shape index (κ1) is 20.7. The number of carbonyl (C=O) groups is 2. The lowest BCUT2D eigenvalue weighted by Crippen LogP contribution is -2.43. The molecule has 0 spiro atoms. The normalized spacial score (nSPS) is 18.7. The molecule has 5 heteroatoms. The Morgan fingerprint density at radius 1 is 1.07 bits per heavy atom. The Kier molecular flexibility index (Phi) is 7.75. The van der Waals surface area contributed by atoms with Crippen molar-refractivity contribution in [3.05, 3.63) is 29.8 Å². The van der Waals surface area contributed by atoms with E-state index in [-0.39, 0.29) is 11.8 Å². The third kappa shape index (κ3) is 5.73. The lowest BCUT2D eigenvalue weighted by atomic mass is 9.87. The summed E-state index contributed by atoms with van der Waals surface area (Å²) in [6.07, 6.45) is 8.19. The minimum atomic E-state index is 0.0864. The van der Waals surface area contributed by atoms with E-state index in [9.17, 15) is 9.59 Å². The van der Waals surface area contributed by atoms with Crippen LogP contribution in [0.15, 0.2) is 24.3 Å². The summed E-state index contributed by atoms with van der Waals surface area (Å²) in [6.45, 7) is 4.68. The summed E-state index contributed by atoms with van der Waals surface area (Å²) in [7, 11) is 0. The number of hydrogen-bond acceptors (Lipinski definition) is 3. The van der Waals surface area contributed by atoms with Crippen molar-refractivity contribution < 1.29 is 14.3 Å². The molecule has 3 rings (SSSR count). The Morgan fingerprint density at radius 3 is 2.50 bits per heavy atom. The van der Waals surface area contributed by atoms with Crippen LogP contribution in [0, 0.1) is 11.8 Å². The zero-order valence-corrected chi connectivity index (χ0v) is 17.1. The van der Waals surface area contributed by atoms with E-state index in [0.29, 0.717) is 31.4 Å². The van der Waals surface area contributed by atoms with Crippen molar-refractivity contribution in [3.8, 4) is 5.75 Å². The van der Waals surface area contributed by atoms with Gasteiger partial charge in [-0.3, -0.25) is 9.59 Å². The van der Waals surface area contributed by atoms with Gasteiger partial charge in [0.05, 0.1) is 6.61 Å². The zero-order chi connectivity index (χ0) is 19.8. The van der Waals surface area contributed by atoms with E-state index in [1.807, 2.05) is 36.1 Å². The van der Waals surface area contributed by atoms with Crippen LogP contribution in [-0.4, -0.2) is 36.4 Å². The Bertz CT molecular complexity index is 647. The standard InChI is InChI=1S/C23H34N2O3/c1-2-28-21-11-7-6-10-20(21)17-24-22(26)16-18-12-14-25(15-13-18)23(27)19-8-4-3-5-9-19/h6-7,10-11,18-19H,2-5,8-9,12-17H2,1H3,(H,24,26). The van der Waals surface area contributed by atoms with E-state index in [1.54, 1.807) is 0 Å². The summed E-state index contributed by atoms with van der Waals surface area (Å²) in [4.78, 5) is 27.1. The molecule has 28 heavy (non-hydrogen) atoms. The predicted octanol–water partition coefficient (Wildman–Crippen LogP) is 3.91. The highest BCUT2D eigenvalue weighted by Crippen LogP contribution is 2.28. The van der Waals surface area contributed by atoms with Crippen molar-refractivity contribution in [2.24, 2.45) is 11.8 Å². The molecule has 1 N–H and O–H groups in total. The Morgan fingerprint density at radius 2 is 1.79 bits per heavy atom. The number of nitrogens with zero attached hydrogens (tertiary/aromatic N) is 1. The third-order valence-corrected chi connectivity index (χ3v) is 6.10. The number of hydrogen-bond donors (Lipinski definition) is 1. The van der Waals surface area contributed by atoms with E-state index in [2.05, 4.69) is 5.32 Å². The lowest BCUT2D eigenvalue weighted by Gasteiger charge is -2.35. The second kappa shape index (κ2) is 10.5. The van der Waals surface area contributed by atoms with Crippen molar-refractivity contribution in [1.29, 1.82) is 0 Å². The molecule has 0 unspecified atom stereocenters. The quantitative estimate of drug-likeness (QED) is 0.773. The second-order valence-corrected chi connectivity index (χ2v) is 8.13. The van der Waals surface area contributed by atoms with Gasteiger partial charge >= 0.3 is 0 Å². The smallest absolute Gasteiger partial charge is 0.225 e. The van der Waals surface area contributed by atoms with Gasteiger partial charge in [-0.2, -0.15) is 0 Å². The molecule has 1 aromatic carbocycles. The summed E-state index contributed by atoms with van der Waals surface area (Å²) >= 11 is 0. The van der Waals surface area contributed by atoms with Crippen molar-refractivity contribution in [2.75, 3.05) is 19.7 Å². The molecule has 1 aliphatic carbocycles. The molecule has 154 valence electrons. The minimum absolute atomic E-state index is 0.0864. The van der Waals surface area contributed by atoms with Crippen LogP contribution in [-0.2, 0) is 16.1 Å². The van der Waals surface area contributed by atoms with Crippen LogP contribution in [0.4, 0.5) is 0 Å². The fourth-order valence-electron chi connectivity index (χ4n) is 4.44. The van der Waals surface area contributed by atoms with Gasteiger partial charge in [0, 0.05) is 37.5 Å². The van der Waals surface area contributed by atoms with Gasteiger partial charge in [0.2, 0.25) is 11.8 Å². The number of amides is 2. The van der Waals surface area contributed by atoms with Crippen LogP contribution < -0.4 is 10.1 Å². The second-order valence-electron chi connectivity index (χ2n) is 8.13. The van der Waals surface area contributed by atoms with Crippen molar-refractivity contribution in [1.82, 2.24) is 10.2 Å². The molecular formula is C23H34N2O3. The number of likely N-dealkylation sites (tertiary alicyclic amines) is 1. The Labute approximate surface area is 168 Å². The van der Waals surface area contributed by atoms with E-state index in [1.165, 1.54) is 19.3 Å².